The highest BCUT2D eigenvalue weighted by molar-refractivity contribution is 5.82. The molecule has 110 valence electrons. The van der Waals surface area contributed by atoms with Crippen LogP contribution in [0.2, 0.25) is 0 Å². The summed E-state index contributed by atoms with van der Waals surface area (Å²) < 4.78 is 10.3. The van der Waals surface area contributed by atoms with Crippen molar-refractivity contribution in [3.8, 4) is 5.75 Å². The van der Waals surface area contributed by atoms with Crippen LogP contribution in [0.15, 0.2) is 24.3 Å². The summed E-state index contributed by atoms with van der Waals surface area (Å²) in [6, 6.07) is 5.50. The molecule has 1 aromatic rings. The number of amides is 1. The summed E-state index contributed by atoms with van der Waals surface area (Å²) >= 11 is 0. The first-order chi connectivity index (χ1) is 9.23. The zero-order chi connectivity index (χ0) is 15.3. The molecule has 1 rings (SSSR count). The van der Waals surface area contributed by atoms with Crippen LogP contribution in [-0.4, -0.2) is 29.9 Å². The van der Waals surface area contributed by atoms with Gasteiger partial charge in [0.15, 0.2) is 6.04 Å². The lowest BCUT2D eigenvalue weighted by Gasteiger charge is -2.24. The van der Waals surface area contributed by atoms with Gasteiger partial charge in [-0.2, -0.15) is 0 Å². The molecule has 1 amide bonds. The van der Waals surface area contributed by atoms with Crippen molar-refractivity contribution in [2.45, 2.75) is 32.4 Å². The summed E-state index contributed by atoms with van der Waals surface area (Å²) in [4.78, 5) is 23.0. The summed E-state index contributed by atoms with van der Waals surface area (Å²) in [7, 11) is 1.49. The Hall–Kier alpha value is -2.24. The quantitative estimate of drug-likeness (QED) is 0.827. The lowest BCUT2D eigenvalue weighted by atomic mass is 10.1. The number of hydrogen-bond donors (Lipinski definition) is 2. The van der Waals surface area contributed by atoms with Crippen LogP contribution in [-0.2, 0) is 9.53 Å². The number of methoxy groups -OCH3 is 1. The average molecular weight is 281 g/mol. The molecule has 0 aromatic heterocycles. The second kappa shape index (κ2) is 6.27. The van der Waals surface area contributed by atoms with E-state index in [1.165, 1.54) is 7.11 Å². The minimum Gasteiger partial charge on any atom is -0.497 e. The van der Waals surface area contributed by atoms with Gasteiger partial charge in [-0.15, -0.1) is 0 Å². The van der Waals surface area contributed by atoms with Crippen LogP contribution in [0.5, 0.6) is 5.75 Å². The molecule has 0 spiro atoms. The third kappa shape index (κ3) is 4.79. The lowest BCUT2D eigenvalue weighted by Crippen LogP contribution is -2.37. The predicted molar refractivity (Wildman–Crippen MR) is 72.7 cm³/mol. The van der Waals surface area contributed by atoms with Gasteiger partial charge >= 0.3 is 12.1 Å². The van der Waals surface area contributed by atoms with Crippen molar-refractivity contribution < 1.29 is 24.2 Å². The zero-order valence-corrected chi connectivity index (χ0v) is 12.0. The Morgan fingerprint density at radius 2 is 1.95 bits per heavy atom. The summed E-state index contributed by atoms with van der Waals surface area (Å²) in [6.45, 7) is 5.15. The highest BCUT2D eigenvalue weighted by Gasteiger charge is 2.28. The third-order valence-corrected chi connectivity index (χ3v) is 2.34. The van der Waals surface area contributed by atoms with E-state index in [1.54, 1.807) is 45.0 Å². The largest absolute Gasteiger partial charge is 0.497 e. The Kier molecular flexibility index (Phi) is 4.96. The van der Waals surface area contributed by atoms with E-state index in [-0.39, 0.29) is 0 Å². The second-order valence-corrected chi connectivity index (χ2v) is 5.19. The van der Waals surface area contributed by atoms with E-state index in [1.807, 2.05) is 0 Å². The highest BCUT2D eigenvalue weighted by Crippen LogP contribution is 2.22. The lowest BCUT2D eigenvalue weighted by molar-refractivity contribution is -0.157. The fourth-order valence-corrected chi connectivity index (χ4v) is 1.58. The average Bonchev–Trinajstić information content (AvgIpc) is 2.33. The fourth-order valence-electron chi connectivity index (χ4n) is 1.58. The van der Waals surface area contributed by atoms with Gasteiger partial charge in [0.25, 0.3) is 0 Å². The maximum atomic E-state index is 12.1. The zero-order valence-electron chi connectivity index (χ0n) is 12.0. The van der Waals surface area contributed by atoms with Crippen molar-refractivity contribution in [1.29, 1.82) is 0 Å². The summed E-state index contributed by atoms with van der Waals surface area (Å²) in [5.41, 5.74) is -0.241. The smallest absolute Gasteiger partial charge is 0.405 e. The highest BCUT2D eigenvalue weighted by atomic mass is 16.6. The van der Waals surface area contributed by atoms with E-state index < -0.39 is 23.7 Å². The Morgan fingerprint density at radius 1 is 1.30 bits per heavy atom. The van der Waals surface area contributed by atoms with Gasteiger partial charge in [0, 0.05) is 0 Å². The molecule has 6 nitrogen and oxygen atoms in total. The van der Waals surface area contributed by atoms with Gasteiger partial charge in [-0.1, -0.05) is 12.1 Å². The number of ether oxygens (including phenoxy) is 2. The molecule has 0 aliphatic carbocycles. The first-order valence-electron chi connectivity index (χ1n) is 6.09. The molecule has 0 aliphatic rings. The van der Waals surface area contributed by atoms with Gasteiger partial charge in [-0.05, 0) is 38.5 Å². The van der Waals surface area contributed by atoms with Crippen LogP contribution >= 0.6 is 0 Å². The molecule has 2 N–H and O–H groups in total. The Labute approximate surface area is 117 Å². The maximum absolute atomic E-state index is 12.1. The first kappa shape index (κ1) is 15.8. The summed E-state index contributed by atoms with van der Waals surface area (Å²) in [5.74, 6) is -0.128. The van der Waals surface area contributed by atoms with E-state index in [0.29, 0.717) is 11.3 Å². The van der Waals surface area contributed by atoms with Crippen molar-refractivity contribution >= 4 is 12.1 Å². The minimum atomic E-state index is -1.30. The van der Waals surface area contributed by atoms with E-state index in [0.717, 1.165) is 0 Å². The van der Waals surface area contributed by atoms with E-state index in [4.69, 9.17) is 14.6 Å². The topological polar surface area (TPSA) is 84.9 Å². The standard InChI is InChI=1S/C14H19NO5/c1-14(2,3)20-12(16)11(15-13(17)18)9-6-5-7-10(8-9)19-4/h5-8,11,15H,1-4H3,(H,17,18). The summed E-state index contributed by atoms with van der Waals surface area (Å²) in [6.07, 6.45) is -1.30. The molecule has 0 heterocycles. The summed E-state index contributed by atoms with van der Waals surface area (Å²) in [5, 5.41) is 11.0. The molecule has 20 heavy (non-hydrogen) atoms. The molecule has 1 unspecified atom stereocenters. The van der Waals surface area contributed by atoms with Crippen LogP contribution in [0.4, 0.5) is 4.79 Å². The Bertz CT molecular complexity index is 493. The van der Waals surface area contributed by atoms with E-state index in [2.05, 4.69) is 5.32 Å². The molecule has 0 radical (unpaired) electrons. The molecule has 0 bridgehead atoms. The molecule has 0 aliphatic heterocycles. The minimum absolute atomic E-state index is 0.459. The van der Waals surface area contributed by atoms with Crippen molar-refractivity contribution in [1.82, 2.24) is 5.32 Å². The van der Waals surface area contributed by atoms with Crippen LogP contribution < -0.4 is 10.1 Å². The van der Waals surface area contributed by atoms with Crippen molar-refractivity contribution in [3.63, 3.8) is 0 Å². The number of carboxylic acid groups (broad SMARTS) is 1. The number of esters is 1. The number of rotatable bonds is 4. The molecule has 0 fully saturated rings. The molecule has 0 saturated carbocycles. The van der Waals surface area contributed by atoms with Crippen molar-refractivity contribution in [3.05, 3.63) is 29.8 Å². The molecule has 0 saturated heterocycles. The first-order valence-corrected chi connectivity index (χ1v) is 6.09. The van der Waals surface area contributed by atoms with Crippen LogP contribution in [0.3, 0.4) is 0 Å². The molecule has 1 atom stereocenters. The number of nitrogens with one attached hydrogen (secondary N) is 1. The fraction of sp³-hybridized carbons (Fsp3) is 0.429. The number of hydrogen-bond acceptors (Lipinski definition) is 4. The van der Waals surface area contributed by atoms with Gasteiger partial charge in [0.1, 0.15) is 11.4 Å². The predicted octanol–water partition coefficient (Wildman–Crippen LogP) is 2.35. The molecule has 6 heteroatoms. The molecular weight excluding hydrogens is 262 g/mol. The third-order valence-electron chi connectivity index (χ3n) is 2.34. The Morgan fingerprint density at radius 3 is 2.45 bits per heavy atom. The molecular formula is C14H19NO5. The van der Waals surface area contributed by atoms with Crippen LogP contribution in [0.1, 0.15) is 32.4 Å². The number of carbonyl (C=O) groups is 2. The van der Waals surface area contributed by atoms with Crippen LogP contribution in [0, 0.1) is 0 Å². The number of carbonyl (C=O) groups excluding carboxylic acids is 1. The maximum Gasteiger partial charge on any atom is 0.405 e. The van der Waals surface area contributed by atoms with Crippen molar-refractivity contribution in [2.24, 2.45) is 0 Å². The monoisotopic (exact) mass is 281 g/mol. The van der Waals surface area contributed by atoms with Gasteiger partial charge < -0.3 is 19.9 Å². The van der Waals surface area contributed by atoms with E-state index >= 15 is 0 Å². The van der Waals surface area contributed by atoms with E-state index in [9.17, 15) is 9.59 Å². The normalized spacial score (nSPS) is 12.4. The van der Waals surface area contributed by atoms with Crippen LogP contribution in [0.25, 0.3) is 0 Å². The van der Waals surface area contributed by atoms with Gasteiger partial charge in [-0.25, -0.2) is 9.59 Å². The Balaban J connectivity index is 3.04. The van der Waals surface area contributed by atoms with Gasteiger partial charge in [0.05, 0.1) is 7.11 Å². The SMILES string of the molecule is COc1cccc(C(NC(=O)O)C(=O)OC(C)(C)C)c1. The van der Waals surface area contributed by atoms with Crippen molar-refractivity contribution in [2.75, 3.05) is 7.11 Å². The molecule has 1 aromatic carbocycles. The number of benzene rings is 1. The van der Waals surface area contributed by atoms with Gasteiger partial charge in [0.2, 0.25) is 0 Å². The van der Waals surface area contributed by atoms with Gasteiger partial charge in [-0.3, -0.25) is 0 Å². The second-order valence-electron chi connectivity index (χ2n) is 5.19.